The summed E-state index contributed by atoms with van der Waals surface area (Å²) in [5.74, 6) is -0.656. The molecule has 0 aromatic heterocycles. The minimum absolute atomic E-state index is 0.00727. The number of amides is 5. The number of nitrogens with one attached hydrogen (secondary N) is 5. The molecule has 0 spiro atoms. The number of aliphatic hydroxyl groups is 1. The van der Waals surface area contributed by atoms with Gasteiger partial charge in [0.25, 0.3) is 0 Å². The van der Waals surface area contributed by atoms with Crippen LogP contribution in [0.3, 0.4) is 0 Å². The van der Waals surface area contributed by atoms with Gasteiger partial charge in [-0.1, -0.05) is 0 Å². The molecule has 0 radical (unpaired) electrons. The van der Waals surface area contributed by atoms with Crippen LogP contribution >= 0.6 is 0 Å². The highest BCUT2D eigenvalue weighted by molar-refractivity contribution is 5.84. The predicted octanol–water partition coefficient (Wildman–Crippen LogP) is -4.25. The molecule has 0 aromatic carbocycles. The van der Waals surface area contributed by atoms with Crippen LogP contribution in [0.2, 0.25) is 0 Å². The molecule has 6 N–H and O–H groups in total. The average molecular weight is 521 g/mol. The maximum absolute atomic E-state index is 11.2. The number of morpholine rings is 1. The Hall–Kier alpha value is -3.14. The molecule has 0 aromatic rings. The number of hydrogen-bond donors (Lipinski definition) is 6. The fraction of sp³-hybridized carbons (Fsp3) is 0.714. The van der Waals surface area contributed by atoms with E-state index in [9.17, 15) is 28.8 Å². The molecule has 1 aliphatic rings. The van der Waals surface area contributed by atoms with Crippen LogP contribution in [0.1, 0.15) is 13.3 Å². The van der Waals surface area contributed by atoms with Crippen molar-refractivity contribution >= 4 is 36.3 Å². The van der Waals surface area contributed by atoms with E-state index in [0.717, 1.165) is 13.1 Å². The molecule has 0 unspecified atom stereocenters. The van der Waals surface area contributed by atoms with Gasteiger partial charge in [-0.15, -0.1) is 0 Å². The Morgan fingerprint density at radius 3 is 2.17 bits per heavy atom. The Morgan fingerprint density at radius 2 is 1.61 bits per heavy atom. The summed E-state index contributed by atoms with van der Waals surface area (Å²) in [4.78, 5) is 64.8. The highest BCUT2D eigenvalue weighted by Crippen LogP contribution is 1.95. The van der Waals surface area contributed by atoms with E-state index in [4.69, 9.17) is 14.6 Å². The minimum atomic E-state index is -0.376. The fourth-order valence-corrected chi connectivity index (χ4v) is 2.29. The van der Waals surface area contributed by atoms with Crippen molar-refractivity contribution in [3.05, 3.63) is 0 Å². The van der Waals surface area contributed by atoms with Crippen molar-refractivity contribution in [2.24, 2.45) is 0 Å². The molecule has 1 heterocycles. The lowest BCUT2D eigenvalue weighted by Crippen LogP contribution is -2.44. The first-order chi connectivity index (χ1) is 17.4. The van der Waals surface area contributed by atoms with Crippen LogP contribution in [-0.4, -0.2) is 132 Å². The Morgan fingerprint density at radius 1 is 0.944 bits per heavy atom. The summed E-state index contributed by atoms with van der Waals surface area (Å²) in [5, 5.41) is 20.6. The topological polar surface area (TPSA) is 204 Å². The molecule has 1 fully saturated rings. The van der Waals surface area contributed by atoms with Crippen LogP contribution in [0, 0.1) is 0 Å². The minimum Gasteiger partial charge on any atom is -0.394 e. The normalized spacial score (nSPS) is 11.9. The molecule has 36 heavy (non-hydrogen) atoms. The Balaban J connectivity index is 0. The van der Waals surface area contributed by atoms with Gasteiger partial charge >= 0.3 is 0 Å². The molecule has 0 saturated carbocycles. The third-order valence-electron chi connectivity index (χ3n) is 3.95. The van der Waals surface area contributed by atoms with Gasteiger partial charge < -0.3 is 50.9 Å². The van der Waals surface area contributed by atoms with Crippen molar-refractivity contribution in [3.63, 3.8) is 0 Å². The van der Waals surface area contributed by atoms with Crippen LogP contribution in [-0.2, 0) is 38.2 Å². The number of carbonyl (C=O) groups is 6. The molecule has 0 aliphatic carbocycles. The molecule has 1 rings (SSSR count). The second kappa shape index (κ2) is 26.5. The largest absolute Gasteiger partial charge is 0.394 e. The maximum atomic E-state index is 11.2. The van der Waals surface area contributed by atoms with E-state index in [-0.39, 0.29) is 69.5 Å². The second-order valence-electron chi connectivity index (χ2n) is 6.81. The first kappa shape index (κ1) is 35.0. The molecule has 5 amide bonds. The number of hydrogen-bond acceptors (Lipinski definition) is 10. The lowest BCUT2D eigenvalue weighted by atomic mass is 10.4. The number of carbonyl (C=O) groups excluding carboxylic acids is 6. The number of nitrogens with zero attached hydrogens (tertiary/aromatic N) is 1. The van der Waals surface area contributed by atoms with Crippen LogP contribution < -0.4 is 26.6 Å². The van der Waals surface area contributed by atoms with E-state index in [1.165, 1.54) is 0 Å². The first-order valence-corrected chi connectivity index (χ1v) is 11.5. The Kier molecular flexibility index (Phi) is 25.7. The SMILES string of the molecule is CCNC(=O)CNC(=O)CCOCCO.CNCC(=O)N1CCOCC1.O=CCNC(=O)CNC=O. The van der Waals surface area contributed by atoms with Gasteiger partial charge in [0.2, 0.25) is 30.0 Å². The van der Waals surface area contributed by atoms with Crippen LogP contribution in [0.5, 0.6) is 0 Å². The van der Waals surface area contributed by atoms with Crippen LogP contribution in [0.15, 0.2) is 0 Å². The number of aliphatic hydroxyl groups excluding tert-OH is 1. The lowest BCUT2D eigenvalue weighted by molar-refractivity contribution is -0.134. The summed E-state index contributed by atoms with van der Waals surface area (Å²) in [6, 6.07) is 0. The molecule has 0 bridgehead atoms. The third kappa shape index (κ3) is 24.0. The summed E-state index contributed by atoms with van der Waals surface area (Å²) in [7, 11) is 1.78. The predicted molar refractivity (Wildman–Crippen MR) is 129 cm³/mol. The lowest BCUT2D eigenvalue weighted by Gasteiger charge is -2.26. The van der Waals surface area contributed by atoms with Gasteiger partial charge in [0.15, 0.2) is 0 Å². The van der Waals surface area contributed by atoms with E-state index in [0.29, 0.717) is 39.0 Å². The summed E-state index contributed by atoms with van der Waals surface area (Å²) >= 11 is 0. The smallest absolute Gasteiger partial charge is 0.239 e. The van der Waals surface area contributed by atoms with E-state index in [2.05, 4.69) is 26.6 Å². The molecule has 15 heteroatoms. The van der Waals surface area contributed by atoms with Crippen molar-refractivity contribution in [1.29, 1.82) is 0 Å². The summed E-state index contributed by atoms with van der Waals surface area (Å²) < 4.78 is 10.0. The summed E-state index contributed by atoms with van der Waals surface area (Å²) in [6.45, 7) is 5.93. The average Bonchev–Trinajstić information content (AvgIpc) is 2.89. The first-order valence-electron chi connectivity index (χ1n) is 11.5. The molecule has 15 nitrogen and oxygen atoms in total. The number of aldehydes is 1. The van der Waals surface area contributed by atoms with E-state index in [1.54, 1.807) is 7.05 Å². The van der Waals surface area contributed by atoms with Gasteiger partial charge in [-0.3, -0.25) is 24.0 Å². The van der Waals surface area contributed by atoms with Crippen molar-refractivity contribution in [2.45, 2.75) is 13.3 Å². The van der Waals surface area contributed by atoms with Gasteiger partial charge in [-0.2, -0.15) is 0 Å². The molecule has 0 atom stereocenters. The zero-order valence-corrected chi connectivity index (χ0v) is 21.0. The number of likely N-dealkylation sites (N-methyl/N-ethyl adjacent to an activating group) is 2. The molecular formula is C21H40N6O9. The Bertz CT molecular complexity index is 617. The second-order valence-corrected chi connectivity index (χ2v) is 6.81. The van der Waals surface area contributed by atoms with Crippen LogP contribution in [0.25, 0.3) is 0 Å². The van der Waals surface area contributed by atoms with Gasteiger partial charge in [-0.05, 0) is 14.0 Å². The Labute approximate surface area is 211 Å². The monoisotopic (exact) mass is 520 g/mol. The molecule has 1 saturated heterocycles. The fourth-order valence-electron chi connectivity index (χ4n) is 2.29. The van der Waals surface area contributed by atoms with Crippen molar-refractivity contribution in [2.75, 3.05) is 85.9 Å². The molecular weight excluding hydrogens is 480 g/mol. The van der Waals surface area contributed by atoms with Gasteiger partial charge in [0, 0.05) is 26.1 Å². The maximum Gasteiger partial charge on any atom is 0.239 e. The number of rotatable bonds is 15. The molecule has 208 valence electrons. The van der Waals surface area contributed by atoms with E-state index in [1.807, 2.05) is 11.8 Å². The van der Waals surface area contributed by atoms with Gasteiger partial charge in [-0.25, -0.2) is 0 Å². The van der Waals surface area contributed by atoms with E-state index < -0.39 is 0 Å². The summed E-state index contributed by atoms with van der Waals surface area (Å²) in [5.41, 5.74) is 0. The van der Waals surface area contributed by atoms with Crippen LogP contribution in [0.4, 0.5) is 0 Å². The quantitative estimate of drug-likeness (QED) is 0.0906. The van der Waals surface area contributed by atoms with Gasteiger partial charge in [0.1, 0.15) is 6.29 Å². The zero-order chi connectivity index (χ0) is 27.4. The third-order valence-corrected chi connectivity index (χ3v) is 3.95. The van der Waals surface area contributed by atoms with Gasteiger partial charge in [0.05, 0.1) is 59.2 Å². The van der Waals surface area contributed by atoms with Crippen molar-refractivity contribution < 1.29 is 43.3 Å². The highest BCUT2D eigenvalue weighted by Gasteiger charge is 2.15. The number of ether oxygens (including phenoxy) is 2. The highest BCUT2D eigenvalue weighted by atomic mass is 16.5. The standard InChI is InChI=1S/C9H18N2O4.C7H14N2O2.C5H8N2O3/c1-2-10-9(14)7-11-8(13)3-5-15-6-4-12;1-8-6-7(10)9-2-4-11-5-3-9;8-2-1-7-5(10)3-6-4-9/h12H,2-7H2,1H3,(H,10,14)(H,11,13);8H,2-6H2,1H3;2,4H,1,3H2,(H,6,9)(H,7,10). The van der Waals surface area contributed by atoms with E-state index >= 15 is 0 Å². The molecule has 1 aliphatic heterocycles. The zero-order valence-electron chi connectivity index (χ0n) is 21.0. The summed E-state index contributed by atoms with van der Waals surface area (Å²) in [6.07, 6.45) is 1.18. The van der Waals surface area contributed by atoms with Crippen molar-refractivity contribution in [3.8, 4) is 0 Å². The van der Waals surface area contributed by atoms with Crippen molar-refractivity contribution in [1.82, 2.24) is 31.5 Å².